The lowest BCUT2D eigenvalue weighted by Gasteiger charge is -2.13. The maximum absolute atomic E-state index is 11.1. The van der Waals surface area contributed by atoms with Crippen molar-refractivity contribution >= 4 is 5.97 Å². The Morgan fingerprint density at radius 3 is 2.53 bits per heavy atom. The van der Waals surface area contributed by atoms with E-state index in [1.165, 1.54) is 7.11 Å². The first-order chi connectivity index (χ1) is 7.17. The van der Waals surface area contributed by atoms with E-state index in [2.05, 4.69) is 4.74 Å². The van der Waals surface area contributed by atoms with E-state index in [1.807, 2.05) is 0 Å². The number of nitrogens with two attached hydrogens (primary N) is 1. The molecule has 15 heavy (non-hydrogen) atoms. The van der Waals surface area contributed by atoms with Gasteiger partial charge in [-0.3, -0.25) is 4.79 Å². The Labute approximate surface area is 88.7 Å². The highest BCUT2D eigenvalue weighted by Crippen LogP contribution is 2.21. The molecule has 3 N–H and O–H groups in total. The van der Waals surface area contributed by atoms with E-state index in [1.54, 1.807) is 24.3 Å². The minimum atomic E-state index is -0.279. The highest BCUT2D eigenvalue weighted by atomic mass is 16.5. The zero-order valence-electron chi connectivity index (χ0n) is 8.64. The van der Waals surface area contributed by atoms with Crippen LogP contribution in [0, 0.1) is 0 Å². The second kappa shape index (κ2) is 5.36. The largest absolute Gasteiger partial charge is 0.508 e. The number of carbonyl (C=O) groups excluding carboxylic acids is 1. The molecule has 0 heterocycles. The van der Waals surface area contributed by atoms with Gasteiger partial charge in [-0.15, -0.1) is 0 Å². The molecule has 0 fully saturated rings. The summed E-state index contributed by atoms with van der Waals surface area (Å²) in [5, 5.41) is 9.12. The fourth-order valence-electron chi connectivity index (χ4n) is 1.37. The molecule has 4 heteroatoms. The Morgan fingerprint density at radius 1 is 1.47 bits per heavy atom. The summed E-state index contributed by atoms with van der Waals surface area (Å²) in [6.45, 7) is 0.375. The van der Waals surface area contributed by atoms with Gasteiger partial charge in [0.15, 0.2) is 0 Å². The molecular formula is C11H15NO3. The summed E-state index contributed by atoms with van der Waals surface area (Å²) in [6.07, 6.45) is 0.262. The predicted molar refractivity (Wildman–Crippen MR) is 56.5 cm³/mol. The van der Waals surface area contributed by atoms with Crippen molar-refractivity contribution in [2.75, 3.05) is 13.7 Å². The van der Waals surface area contributed by atoms with Gasteiger partial charge >= 0.3 is 5.97 Å². The van der Waals surface area contributed by atoms with Gasteiger partial charge in [0.2, 0.25) is 0 Å². The van der Waals surface area contributed by atoms with Gasteiger partial charge in [-0.1, -0.05) is 12.1 Å². The molecule has 0 aromatic heterocycles. The smallest absolute Gasteiger partial charge is 0.306 e. The number of benzene rings is 1. The van der Waals surface area contributed by atoms with Gasteiger partial charge in [0.1, 0.15) is 5.75 Å². The van der Waals surface area contributed by atoms with Crippen LogP contribution in [0.25, 0.3) is 0 Å². The maximum atomic E-state index is 11.1. The minimum Gasteiger partial charge on any atom is -0.508 e. The quantitative estimate of drug-likeness (QED) is 0.725. The van der Waals surface area contributed by atoms with E-state index in [0.29, 0.717) is 6.54 Å². The summed E-state index contributed by atoms with van der Waals surface area (Å²) in [7, 11) is 1.35. The highest BCUT2D eigenvalue weighted by Gasteiger charge is 2.14. The molecule has 0 saturated heterocycles. The Hall–Kier alpha value is -1.55. The first kappa shape index (κ1) is 11.5. The van der Waals surface area contributed by atoms with Crippen LogP contribution in [0.2, 0.25) is 0 Å². The van der Waals surface area contributed by atoms with Crippen LogP contribution in [-0.2, 0) is 9.53 Å². The summed E-state index contributed by atoms with van der Waals surface area (Å²) < 4.78 is 4.58. The van der Waals surface area contributed by atoms with Gasteiger partial charge in [-0.25, -0.2) is 0 Å². The number of aromatic hydroxyl groups is 1. The van der Waals surface area contributed by atoms with E-state index in [-0.39, 0.29) is 24.1 Å². The number of carbonyl (C=O) groups is 1. The number of ether oxygens (including phenoxy) is 1. The number of phenolic OH excluding ortho intramolecular Hbond substituents is 1. The van der Waals surface area contributed by atoms with Crippen LogP contribution in [0.3, 0.4) is 0 Å². The monoisotopic (exact) mass is 209 g/mol. The second-order valence-electron chi connectivity index (χ2n) is 3.30. The standard InChI is InChI=1S/C11H15NO3/c1-15-11(14)6-9(7-12)8-2-4-10(13)5-3-8/h2-5,9,13H,6-7,12H2,1H3. The van der Waals surface area contributed by atoms with Crippen molar-refractivity contribution in [2.24, 2.45) is 5.73 Å². The number of rotatable bonds is 4. The Balaban J connectivity index is 2.74. The molecule has 1 atom stereocenters. The number of phenols is 1. The van der Waals surface area contributed by atoms with Crippen LogP contribution in [0.15, 0.2) is 24.3 Å². The summed E-state index contributed by atoms with van der Waals surface area (Å²) in [6, 6.07) is 6.68. The van der Waals surface area contributed by atoms with Crippen molar-refractivity contribution in [2.45, 2.75) is 12.3 Å². The average Bonchev–Trinajstić information content (AvgIpc) is 2.27. The molecule has 82 valence electrons. The first-order valence-corrected chi connectivity index (χ1v) is 4.73. The lowest BCUT2D eigenvalue weighted by atomic mass is 9.96. The van der Waals surface area contributed by atoms with Crippen molar-refractivity contribution in [1.82, 2.24) is 0 Å². The molecule has 0 bridgehead atoms. The van der Waals surface area contributed by atoms with E-state index in [4.69, 9.17) is 10.8 Å². The third-order valence-electron chi connectivity index (χ3n) is 2.29. The first-order valence-electron chi connectivity index (χ1n) is 4.73. The molecule has 1 rings (SSSR count). The van der Waals surface area contributed by atoms with Crippen molar-refractivity contribution in [3.8, 4) is 5.75 Å². The Kier molecular flexibility index (Phi) is 4.12. The molecule has 0 aliphatic carbocycles. The molecule has 0 saturated carbocycles. The summed E-state index contributed by atoms with van der Waals surface area (Å²) in [5.74, 6) is -0.135. The van der Waals surface area contributed by atoms with Gasteiger partial charge in [0.25, 0.3) is 0 Å². The zero-order chi connectivity index (χ0) is 11.3. The topological polar surface area (TPSA) is 72.5 Å². The minimum absolute atomic E-state index is 0.0574. The Morgan fingerprint density at radius 2 is 2.07 bits per heavy atom. The third kappa shape index (κ3) is 3.25. The number of hydrogen-bond donors (Lipinski definition) is 2. The molecule has 0 spiro atoms. The van der Waals surface area contributed by atoms with Crippen molar-refractivity contribution < 1.29 is 14.6 Å². The van der Waals surface area contributed by atoms with Crippen LogP contribution in [-0.4, -0.2) is 24.7 Å². The molecule has 1 unspecified atom stereocenters. The molecular weight excluding hydrogens is 194 g/mol. The van der Waals surface area contributed by atoms with Crippen LogP contribution >= 0.6 is 0 Å². The molecule has 1 aromatic carbocycles. The van der Waals surface area contributed by atoms with Gasteiger partial charge < -0.3 is 15.6 Å². The lowest BCUT2D eigenvalue weighted by molar-refractivity contribution is -0.141. The fourth-order valence-corrected chi connectivity index (χ4v) is 1.37. The summed E-state index contributed by atoms with van der Waals surface area (Å²) in [4.78, 5) is 11.1. The fraction of sp³-hybridized carbons (Fsp3) is 0.364. The molecule has 0 aliphatic rings. The second-order valence-corrected chi connectivity index (χ2v) is 3.30. The van der Waals surface area contributed by atoms with E-state index in [0.717, 1.165) is 5.56 Å². The van der Waals surface area contributed by atoms with Gasteiger partial charge in [-0.05, 0) is 24.2 Å². The van der Waals surface area contributed by atoms with Crippen LogP contribution in [0.1, 0.15) is 17.9 Å². The Bertz CT molecular complexity index is 321. The van der Waals surface area contributed by atoms with Crippen molar-refractivity contribution in [3.05, 3.63) is 29.8 Å². The summed E-state index contributed by atoms with van der Waals surface area (Å²) in [5.41, 5.74) is 6.51. The number of hydrogen-bond acceptors (Lipinski definition) is 4. The van der Waals surface area contributed by atoms with E-state index < -0.39 is 0 Å². The molecule has 1 aromatic rings. The van der Waals surface area contributed by atoms with E-state index >= 15 is 0 Å². The van der Waals surface area contributed by atoms with E-state index in [9.17, 15) is 4.79 Å². The SMILES string of the molecule is COC(=O)CC(CN)c1ccc(O)cc1. The molecule has 4 nitrogen and oxygen atoms in total. The van der Waals surface area contributed by atoms with Gasteiger partial charge in [-0.2, -0.15) is 0 Å². The molecule has 0 radical (unpaired) electrons. The average molecular weight is 209 g/mol. The molecule has 0 aliphatic heterocycles. The van der Waals surface area contributed by atoms with Crippen molar-refractivity contribution in [3.63, 3.8) is 0 Å². The third-order valence-corrected chi connectivity index (χ3v) is 2.29. The highest BCUT2D eigenvalue weighted by molar-refractivity contribution is 5.70. The van der Waals surface area contributed by atoms with Crippen LogP contribution < -0.4 is 5.73 Å². The maximum Gasteiger partial charge on any atom is 0.306 e. The zero-order valence-corrected chi connectivity index (χ0v) is 8.64. The predicted octanol–water partition coefficient (Wildman–Crippen LogP) is 0.998. The van der Waals surface area contributed by atoms with Crippen molar-refractivity contribution in [1.29, 1.82) is 0 Å². The summed E-state index contributed by atoms with van der Waals surface area (Å²) >= 11 is 0. The normalized spacial score (nSPS) is 12.1. The van der Waals surface area contributed by atoms with Crippen LogP contribution in [0.5, 0.6) is 5.75 Å². The molecule has 0 amide bonds. The lowest BCUT2D eigenvalue weighted by Crippen LogP contribution is -2.17. The number of esters is 1. The van der Waals surface area contributed by atoms with Gasteiger partial charge in [0, 0.05) is 5.92 Å². The van der Waals surface area contributed by atoms with Crippen LogP contribution in [0.4, 0.5) is 0 Å². The number of methoxy groups -OCH3 is 1. The van der Waals surface area contributed by atoms with Gasteiger partial charge in [0.05, 0.1) is 13.5 Å².